The summed E-state index contributed by atoms with van der Waals surface area (Å²) in [6.07, 6.45) is 2.49. The maximum absolute atomic E-state index is 9.84. The second-order valence-corrected chi connectivity index (χ2v) is 6.04. The van der Waals surface area contributed by atoms with Crippen molar-refractivity contribution in [3.8, 4) is 5.75 Å². The van der Waals surface area contributed by atoms with E-state index in [9.17, 15) is 5.11 Å². The van der Waals surface area contributed by atoms with Gasteiger partial charge in [-0.15, -0.1) is 0 Å². The highest BCUT2D eigenvalue weighted by atomic mass is 16.3. The lowest BCUT2D eigenvalue weighted by atomic mass is 9.93. The second-order valence-electron chi connectivity index (χ2n) is 6.04. The fourth-order valence-electron chi connectivity index (χ4n) is 3.05. The fraction of sp³-hybridized carbons (Fsp3) is 0.625. The van der Waals surface area contributed by atoms with Gasteiger partial charge in [0.1, 0.15) is 5.75 Å². The predicted molar refractivity (Wildman–Crippen MR) is 79.2 cm³/mol. The molecular formula is C16H26N2O. The molecule has 2 unspecified atom stereocenters. The third-order valence-electron chi connectivity index (χ3n) is 4.38. The Bertz CT molecular complexity index is 421. The lowest BCUT2D eigenvalue weighted by molar-refractivity contribution is 0.113. The molecule has 0 aliphatic carbocycles. The van der Waals surface area contributed by atoms with Gasteiger partial charge < -0.3 is 10.8 Å². The van der Waals surface area contributed by atoms with E-state index in [1.165, 1.54) is 18.4 Å². The molecule has 0 radical (unpaired) electrons. The molecular weight excluding hydrogens is 236 g/mol. The van der Waals surface area contributed by atoms with Gasteiger partial charge in [0.15, 0.2) is 0 Å². The number of likely N-dealkylation sites (tertiary alicyclic amines) is 1. The highest BCUT2D eigenvalue weighted by Crippen LogP contribution is 2.27. The van der Waals surface area contributed by atoms with Crippen LogP contribution in [0.25, 0.3) is 0 Å². The predicted octanol–water partition coefficient (Wildman–Crippen LogP) is 2.57. The Kier molecular flexibility index (Phi) is 4.48. The molecule has 0 spiro atoms. The van der Waals surface area contributed by atoms with Crippen LogP contribution in [0.1, 0.15) is 36.5 Å². The van der Waals surface area contributed by atoms with Gasteiger partial charge in [-0.2, -0.15) is 0 Å². The summed E-state index contributed by atoms with van der Waals surface area (Å²) in [4.78, 5) is 2.52. The number of phenolic OH excluding ortho intramolecular Hbond substituents is 1. The van der Waals surface area contributed by atoms with E-state index >= 15 is 0 Å². The summed E-state index contributed by atoms with van der Waals surface area (Å²) in [7, 11) is 0. The summed E-state index contributed by atoms with van der Waals surface area (Å²) in [5.74, 6) is 1.06. The first-order valence-corrected chi connectivity index (χ1v) is 7.24. The van der Waals surface area contributed by atoms with Crippen LogP contribution in [0.4, 0.5) is 0 Å². The summed E-state index contributed by atoms with van der Waals surface area (Å²) < 4.78 is 0. The number of aryl methyl sites for hydroxylation is 2. The quantitative estimate of drug-likeness (QED) is 0.880. The van der Waals surface area contributed by atoms with Crippen molar-refractivity contribution in [2.45, 2.75) is 46.2 Å². The first-order valence-electron chi connectivity index (χ1n) is 7.24. The standard InChI is InChI=1S/C16H26N2O/c1-11-6-15(7-12(2)16(11)19)10-18-9-14(8-17)5-4-13(18)3/h6-7,13-14,19H,4-5,8-10,17H2,1-3H3. The molecule has 19 heavy (non-hydrogen) atoms. The van der Waals surface area contributed by atoms with Gasteiger partial charge in [0.05, 0.1) is 0 Å². The van der Waals surface area contributed by atoms with Gasteiger partial charge in [-0.25, -0.2) is 0 Å². The fourth-order valence-corrected chi connectivity index (χ4v) is 3.05. The van der Waals surface area contributed by atoms with E-state index in [0.717, 1.165) is 30.8 Å². The van der Waals surface area contributed by atoms with E-state index in [-0.39, 0.29) is 0 Å². The van der Waals surface area contributed by atoms with Gasteiger partial charge in [-0.1, -0.05) is 12.1 Å². The summed E-state index contributed by atoms with van der Waals surface area (Å²) >= 11 is 0. The zero-order valence-corrected chi connectivity index (χ0v) is 12.3. The van der Waals surface area contributed by atoms with Gasteiger partial charge in [-0.3, -0.25) is 4.90 Å². The second kappa shape index (κ2) is 5.93. The van der Waals surface area contributed by atoms with Crippen LogP contribution in [0, 0.1) is 19.8 Å². The SMILES string of the molecule is Cc1cc(CN2CC(CN)CCC2C)cc(C)c1O. The van der Waals surface area contributed by atoms with Crippen LogP contribution in [-0.2, 0) is 6.54 Å². The summed E-state index contributed by atoms with van der Waals surface area (Å²) in [5.41, 5.74) is 9.04. The number of rotatable bonds is 3. The molecule has 1 aromatic rings. The molecule has 0 amide bonds. The summed E-state index contributed by atoms with van der Waals surface area (Å²) in [5, 5.41) is 9.84. The highest BCUT2D eigenvalue weighted by Gasteiger charge is 2.24. The largest absolute Gasteiger partial charge is 0.507 e. The number of piperidine rings is 1. The van der Waals surface area contributed by atoms with E-state index in [0.29, 0.717) is 17.7 Å². The van der Waals surface area contributed by atoms with Crippen LogP contribution in [-0.4, -0.2) is 29.1 Å². The van der Waals surface area contributed by atoms with Crippen molar-refractivity contribution in [1.82, 2.24) is 4.90 Å². The van der Waals surface area contributed by atoms with E-state index < -0.39 is 0 Å². The van der Waals surface area contributed by atoms with Crippen molar-refractivity contribution < 1.29 is 5.11 Å². The van der Waals surface area contributed by atoms with Gasteiger partial charge in [-0.05, 0) is 62.8 Å². The maximum atomic E-state index is 9.84. The first kappa shape index (κ1) is 14.4. The zero-order chi connectivity index (χ0) is 14.0. The van der Waals surface area contributed by atoms with Crippen molar-refractivity contribution in [3.05, 3.63) is 28.8 Å². The minimum Gasteiger partial charge on any atom is -0.507 e. The molecule has 1 aliphatic heterocycles. The molecule has 0 bridgehead atoms. The van der Waals surface area contributed by atoms with E-state index in [4.69, 9.17) is 5.73 Å². The van der Waals surface area contributed by atoms with Gasteiger partial charge in [0.25, 0.3) is 0 Å². The van der Waals surface area contributed by atoms with Crippen molar-refractivity contribution in [2.75, 3.05) is 13.1 Å². The van der Waals surface area contributed by atoms with E-state index in [2.05, 4.69) is 24.0 Å². The summed E-state index contributed by atoms with van der Waals surface area (Å²) in [6.45, 7) is 9.07. The molecule has 2 rings (SSSR count). The number of nitrogens with zero attached hydrogens (tertiary/aromatic N) is 1. The molecule has 1 fully saturated rings. The first-order chi connectivity index (χ1) is 9.01. The van der Waals surface area contributed by atoms with Gasteiger partial charge in [0, 0.05) is 19.1 Å². The molecule has 106 valence electrons. The molecule has 2 atom stereocenters. The molecule has 1 aliphatic rings. The van der Waals surface area contributed by atoms with Crippen LogP contribution < -0.4 is 5.73 Å². The molecule has 0 saturated carbocycles. The third kappa shape index (κ3) is 3.28. The van der Waals surface area contributed by atoms with E-state index in [1.807, 2.05) is 13.8 Å². The van der Waals surface area contributed by atoms with Gasteiger partial charge >= 0.3 is 0 Å². The number of phenols is 1. The number of hydrogen-bond acceptors (Lipinski definition) is 3. The lowest BCUT2D eigenvalue weighted by Crippen LogP contribution is -2.43. The minimum atomic E-state index is 0.426. The Labute approximate surface area is 116 Å². The normalized spacial score (nSPS) is 24.6. The molecule has 1 saturated heterocycles. The minimum absolute atomic E-state index is 0.426. The number of hydrogen-bond donors (Lipinski definition) is 2. The smallest absolute Gasteiger partial charge is 0.121 e. The average molecular weight is 262 g/mol. The summed E-state index contributed by atoms with van der Waals surface area (Å²) in [6, 6.07) is 4.82. The van der Waals surface area contributed by atoms with Crippen molar-refractivity contribution in [2.24, 2.45) is 11.7 Å². The Balaban J connectivity index is 2.11. The lowest BCUT2D eigenvalue weighted by Gasteiger charge is -2.37. The van der Waals surface area contributed by atoms with Crippen molar-refractivity contribution >= 4 is 0 Å². The van der Waals surface area contributed by atoms with Crippen LogP contribution in [0.5, 0.6) is 5.75 Å². The topological polar surface area (TPSA) is 49.5 Å². The van der Waals surface area contributed by atoms with Crippen LogP contribution in [0.3, 0.4) is 0 Å². The Morgan fingerprint density at radius 1 is 1.26 bits per heavy atom. The molecule has 3 nitrogen and oxygen atoms in total. The Hall–Kier alpha value is -1.06. The monoisotopic (exact) mass is 262 g/mol. The van der Waals surface area contributed by atoms with Gasteiger partial charge in [0.2, 0.25) is 0 Å². The van der Waals surface area contributed by atoms with E-state index in [1.54, 1.807) is 0 Å². The maximum Gasteiger partial charge on any atom is 0.121 e. The van der Waals surface area contributed by atoms with Crippen LogP contribution in [0.2, 0.25) is 0 Å². The zero-order valence-electron chi connectivity index (χ0n) is 12.3. The number of aromatic hydroxyl groups is 1. The average Bonchev–Trinajstić information content (AvgIpc) is 2.38. The van der Waals surface area contributed by atoms with Crippen LogP contribution in [0.15, 0.2) is 12.1 Å². The third-order valence-corrected chi connectivity index (χ3v) is 4.38. The Morgan fingerprint density at radius 2 is 1.89 bits per heavy atom. The van der Waals surface area contributed by atoms with Crippen molar-refractivity contribution in [3.63, 3.8) is 0 Å². The molecule has 0 aromatic heterocycles. The van der Waals surface area contributed by atoms with Crippen LogP contribution >= 0.6 is 0 Å². The highest BCUT2D eigenvalue weighted by molar-refractivity contribution is 5.42. The number of benzene rings is 1. The molecule has 1 aromatic carbocycles. The molecule has 1 heterocycles. The molecule has 3 N–H and O–H groups in total. The molecule has 3 heteroatoms. The van der Waals surface area contributed by atoms with Crippen molar-refractivity contribution in [1.29, 1.82) is 0 Å². The Morgan fingerprint density at radius 3 is 2.47 bits per heavy atom. The number of nitrogens with two attached hydrogens (primary N) is 1.